The Balaban J connectivity index is 1.62. The van der Waals surface area contributed by atoms with E-state index in [0.717, 1.165) is 29.8 Å². The highest BCUT2D eigenvalue weighted by molar-refractivity contribution is 7.90. The molecule has 3 unspecified atom stereocenters. The topological polar surface area (TPSA) is 81.7 Å². The second-order valence-electron chi connectivity index (χ2n) is 7.65. The Hall–Kier alpha value is -2.85. The molecule has 0 aromatic heterocycles. The van der Waals surface area contributed by atoms with E-state index in [-0.39, 0.29) is 18.5 Å². The number of hydrogen-bond donors (Lipinski definition) is 1. The number of nitrogens with one attached hydrogen (secondary N) is 1. The number of alkyl halides is 3. The number of ether oxygens (including phenoxy) is 2. The molecule has 170 valence electrons. The van der Waals surface area contributed by atoms with E-state index in [1.807, 2.05) is 0 Å². The summed E-state index contributed by atoms with van der Waals surface area (Å²) in [5, 5.41) is -0.817. The number of fused-ring (bicyclic) bond motifs is 1. The van der Waals surface area contributed by atoms with Crippen LogP contribution in [0.25, 0.3) is 0 Å². The molecule has 3 atom stereocenters. The largest absolute Gasteiger partial charge is 0.497 e. The molecule has 0 amide bonds. The summed E-state index contributed by atoms with van der Waals surface area (Å²) in [4.78, 5) is 12.7. The summed E-state index contributed by atoms with van der Waals surface area (Å²) in [5.74, 6) is -0.596. The molecule has 0 bridgehead atoms. The molecule has 1 N–H and O–H groups in total. The minimum Gasteiger partial charge on any atom is -0.497 e. The number of sulfonamides is 1. The smallest absolute Gasteiger partial charge is 0.416 e. The number of carbonyl (C=O) groups excluding carboxylic acids is 1. The molecule has 1 heterocycles. The van der Waals surface area contributed by atoms with Crippen molar-refractivity contribution in [3.8, 4) is 5.75 Å². The fourth-order valence-electron chi connectivity index (χ4n) is 4.00. The van der Waals surface area contributed by atoms with Crippen molar-refractivity contribution in [3.05, 3.63) is 76.9 Å². The molecular weight excluding hydrogens is 447 g/mol. The van der Waals surface area contributed by atoms with Gasteiger partial charge in [0.15, 0.2) is 0 Å². The molecule has 0 radical (unpaired) electrons. The average Bonchev–Trinajstić information content (AvgIpc) is 3.06. The lowest BCUT2D eigenvalue weighted by Crippen LogP contribution is -2.36. The molecule has 1 saturated heterocycles. The highest BCUT2D eigenvalue weighted by Gasteiger charge is 2.44. The Bertz CT molecular complexity index is 1140. The van der Waals surface area contributed by atoms with Crippen molar-refractivity contribution in [2.24, 2.45) is 0 Å². The van der Waals surface area contributed by atoms with Gasteiger partial charge in [0, 0.05) is 18.9 Å². The summed E-state index contributed by atoms with van der Waals surface area (Å²) >= 11 is 0. The second-order valence-corrected chi connectivity index (χ2v) is 9.60. The maximum absolute atomic E-state index is 12.8. The van der Waals surface area contributed by atoms with Gasteiger partial charge in [-0.25, -0.2) is 17.9 Å². The van der Waals surface area contributed by atoms with E-state index in [1.54, 1.807) is 30.3 Å². The van der Waals surface area contributed by atoms with Crippen molar-refractivity contribution < 1.29 is 35.9 Å². The minimum atomic E-state index is -4.52. The van der Waals surface area contributed by atoms with Crippen LogP contribution in [0.15, 0.2) is 60.2 Å². The molecule has 1 fully saturated rings. The fraction of sp³-hybridized carbons (Fsp3) is 0.318. The van der Waals surface area contributed by atoms with Gasteiger partial charge >= 0.3 is 12.1 Å². The number of carbonyl (C=O) groups is 1. The lowest BCUT2D eigenvalue weighted by atomic mass is 9.82. The summed E-state index contributed by atoms with van der Waals surface area (Å²) in [6.45, 7) is 0.194. The monoisotopic (exact) mass is 467 g/mol. The minimum absolute atomic E-state index is 0.0459. The Morgan fingerprint density at radius 1 is 1.06 bits per heavy atom. The van der Waals surface area contributed by atoms with E-state index in [2.05, 4.69) is 4.72 Å². The van der Waals surface area contributed by atoms with Gasteiger partial charge in [-0.1, -0.05) is 18.2 Å². The van der Waals surface area contributed by atoms with E-state index in [9.17, 15) is 26.4 Å². The number of halogens is 3. The van der Waals surface area contributed by atoms with Crippen LogP contribution in [-0.2, 0) is 20.9 Å². The standard InChI is InChI=1S/C22H20F3NO5S/c1-30-17-8-4-13(5-9-17)18-10-15-12-26-32(28,29)20(15)11-19(18)31-21(27)14-2-6-16(7-3-14)22(23,24)25/h2-10,18-20,26H,11-12H2,1H3. The Kier molecular flexibility index (Phi) is 5.76. The Morgan fingerprint density at radius 2 is 1.72 bits per heavy atom. The van der Waals surface area contributed by atoms with Crippen LogP contribution in [-0.4, -0.2) is 39.4 Å². The number of methoxy groups -OCH3 is 1. The summed E-state index contributed by atoms with van der Waals surface area (Å²) in [6.07, 6.45) is -3.50. The maximum Gasteiger partial charge on any atom is 0.416 e. The van der Waals surface area contributed by atoms with Gasteiger partial charge in [0.1, 0.15) is 17.1 Å². The fourth-order valence-corrected chi connectivity index (χ4v) is 5.57. The van der Waals surface area contributed by atoms with Gasteiger partial charge in [0.05, 0.1) is 18.2 Å². The van der Waals surface area contributed by atoms with Crippen molar-refractivity contribution in [1.82, 2.24) is 4.72 Å². The quantitative estimate of drug-likeness (QED) is 0.548. The molecular formula is C22H20F3NO5S. The lowest BCUT2D eigenvalue weighted by molar-refractivity contribution is -0.137. The van der Waals surface area contributed by atoms with Gasteiger partial charge in [-0.3, -0.25) is 0 Å². The highest BCUT2D eigenvalue weighted by Crippen LogP contribution is 2.39. The van der Waals surface area contributed by atoms with Crippen molar-refractivity contribution in [2.45, 2.75) is 29.9 Å². The van der Waals surface area contributed by atoms with Crippen molar-refractivity contribution in [2.75, 3.05) is 13.7 Å². The van der Waals surface area contributed by atoms with Crippen LogP contribution in [0.1, 0.15) is 33.8 Å². The van der Waals surface area contributed by atoms with Crippen LogP contribution in [0.5, 0.6) is 5.75 Å². The van der Waals surface area contributed by atoms with E-state index in [1.165, 1.54) is 7.11 Å². The van der Waals surface area contributed by atoms with Crippen LogP contribution in [0.4, 0.5) is 13.2 Å². The van der Waals surface area contributed by atoms with Crippen molar-refractivity contribution in [1.29, 1.82) is 0 Å². The zero-order valence-corrected chi connectivity index (χ0v) is 17.7. The summed E-state index contributed by atoms with van der Waals surface area (Å²) in [6, 6.07) is 10.8. The van der Waals surface area contributed by atoms with E-state index < -0.39 is 45.0 Å². The van der Waals surface area contributed by atoms with Crippen molar-refractivity contribution >= 4 is 16.0 Å². The summed E-state index contributed by atoms with van der Waals surface area (Å²) < 4.78 is 76.3. The van der Waals surface area contributed by atoms with Gasteiger partial charge in [0.2, 0.25) is 10.0 Å². The molecule has 4 rings (SSSR count). The molecule has 2 aromatic rings. The zero-order chi connectivity index (χ0) is 23.1. The van der Waals surface area contributed by atoms with Gasteiger partial charge in [-0.2, -0.15) is 13.2 Å². The summed E-state index contributed by atoms with van der Waals surface area (Å²) in [5.41, 5.74) is 0.575. The highest BCUT2D eigenvalue weighted by atomic mass is 32.2. The molecule has 32 heavy (non-hydrogen) atoms. The number of hydrogen-bond acceptors (Lipinski definition) is 5. The predicted octanol–water partition coefficient (Wildman–Crippen LogP) is 3.65. The van der Waals surface area contributed by atoms with Crippen LogP contribution >= 0.6 is 0 Å². The maximum atomic E-state index is 12.8. The number of benzene rings is 2. The normalized spacial score (nSPS) is 24.4. The van der Waals surface area contributed by atoms with Crippen LogP contribution in [0.3, 0.4) is 0 Å². The van der Waals surface area contributed by atoms with Gasteiger partial charge in [-0.05, 0) is 47.5 Å². The summed E-state index contributed by atoms with van der Waals surface area (Å²) in [7, 11) is -2.04. The molecule has 2 aromatic carbocycles. The molecule has 2 aliphatic rings. The zero-order valence-electron chi connectivity index (χ0n) is 16.9. The number of esters is 1. The number of rotatable bonds is 4. The van der Waals surface area contributed by atoms with E-state index in [0.29, 0.717) is 11.3 Å². The average molecular weight is 467 g/mol. The predicted molar refractivity (Wildman–Crippen MR) is 110 cm³/mol. The molecule has 10 heteroatoms. The molecule has 1 aliphatic carbocycles. The molecule has 0 saturated carbocycles. The molecule has 1 aliphatic heterocycles. The van der Waals surface area contributed by atoms with Crippen LogP contribution in [0.2, 0.25) is 0 Å². The first kappa shape index (κ1) is 22.3. The lowest BCUT2D eigenvalue weighted by Gasteiger charge is -2.32. The third kappa shape index (κ3) is 4.37. The van der Waals surface area contributed by atoms with Crippen molar-refractivity contribution in [3.63, 3.8) is 0 Å². The van der Waals surface area contributed by atoms with E-state index in [4.69, 9.17) is 9.47 Å². The SMILES string of the molecule is COc1ccc(C2C=C3CNS(=O)(=O)C3CC2OC(=O)c2ccc(C(F)(F)F)cc2)cc1. The first-order valence-corrected chi connectivity index (χ1v) is 11.3. The molecule has 6 nitrogen and oxygen atoms in total. The van der Waals surface area contributed by atoms with Crippen LogP contribution < -0.4 is 9.46 Å². The second kappa shape index (κ2) is 8.25. The third-order valence-electron chi connectivity index (χ3n) is 5.71. The first-order valence-electron chi connectivity index (χ1n) is 9.80. The van der Waals surface area contributed by atoms with Gasteiger partial charge in [-0.15, -0.1) is 0 Å². The Morgan fingerprint density at radius 3 is 2.31 bits per heavy atom. The van der Waals surface area contributed by atoms with Gasteiger partial charge < -0.3 is 9.47 Å². The van der Waals surface area contributed by atoms with Crippen LogP contribution in [0, 0.1) is 0 Å². The Labute approximate surface area is 183 Å². The molecule has 0 spiro atoms. The third-order valence-corrected chi connectivity index (χ3v) is 7.50. The van der Waals surface area contributed by atoms with E-state index >= 15 is 0 Å². The first-order chi connectivity index (χ1) is 15.1. The van der Waals surface area contributed by atoms with Gasteiger partial charge in [0.25, 0.3) is 0 Å².